The van der Waals surface area contributed by atoms with Crippen LogP contribution in [-0.2, 0) is 16.6 Å². The molecule has 0 saturated carbocycles. The average Bonchev–Trinajstić information content (AvgIpc) is 2.97. The third-order valence-electron chi connectivity index (χ3n) is 4.11. The van der Waals surface area contributed by atoms with Crippen LogP contribution < -0.4 is 5.32 Å². The number of hydrogen-bond acceptors (Lipinski definition) is 3. The van der Waals surface area contributed by atoms with Gasteiger partial charge >= 0.3 is 0 Å². The summed E-state index contributed by atoms with van der Waals surface area (Å²) in [5, 5.41) is 3.28. The highest BCUT2D eigenvalue weighted by atomic mass is 32.2. The van der Waals surface area contributed by atoms with Gasteiger partial charge in [0.15, 0.2) is 0 Å². The lowest BCUT2D eigenvalue weighted by atomic mass is 10.0. The first-order valence-electron chi connectivity index (χ1n) is 7.99. The molecule has 0 radical (unpaired) electrons. The first-order chi connectivity index (χ1) is 10.1. The summed E-state index contributed by atoms with van der Waals surface area (Å²) in [5.74, 6) is 0. The Morgan fingerprint density at radius 1 is 1.38 bits per heavy atom. The van der Waals surface area contributed by atoms with Crippen molar-refractivity contribution in [1.29, 1.82) is 0 Å². The van der Waals surface area contributed by atoms with Crippen molar-refractivity contribution in [2.45, 2.75) is 63.4 Å². The van der Waals surface area contributed by atoms with Crippen LogP contribution in [0.25, 0.3) is 0 Å². The van der Waals surface area contributed by atoms with Gasteiger partial charge in [0.05, 0.1) is 4.90 Å². The van der Waals surface area contributed by atoms with Crippen LogP contribution in [0.15, 0.2) is 17.2 Å². The molecular weight excluding hydrogens is 286 g/mol. The topological polar surface area (TPSA) is 65.2 Å². The van der Waals surface area contributed by atoms with Gasteiger partial charge in [-0.3, -0.25) is 0 Å². The van der Waals surface area contributed by atoms with Crippen molar-refractivity contribution in [3.8, 4) is 0 Å². The Balaban J connectivity index is 2.11. The number of rotatable bonds is 7. The lowest BCUT2D eigenvalue weighted by Crippen LogP contribution is -2.43. The zero-order valence-corrected chi connectivity index (χ0v) is 13.9. The van der Waals surface area contributed by atoms with Gasteiger partial charge in [-0.2, -0.15) is 4.31 Å². The first-order valence-corrected chi connectivity index (χ1v) is 9.43. The molecule has 0 aliphatic carbocycles. The monoisotopic (exact) mass is 313 g/mol. The first kappa shape index (κ1) is 16.5. The second-order valence-electron chi connectivity index (χ2n) is 5.71. The quantitative estimate of drug-likeness (QED) is 0.760. The van der Waals surface area contributed by atoms with Crippen molar-refractivity contribution in [3.63, 3.8) is 0 Å². The fraction of sp³-hybridized carbons (Fsp3) is 0.733. The van der Waals surface area contributed by atoms with E-state index in [1.807, 2.05) is 0 Å². The standard InChI is InChI=1S/C15H27N3O2S/c1-3-8-16-11-13-10-15(12-17-13)21(19,20)18-9-6-5-7-14(18)4-2/h10,12,14,16-17H,3-9,11H2,1-2H3. The van der Waals surface area contributed by atoms with Crippen LogP contribution in [0.1, 0.15) is 51.6 Å². The van der Waals surface area contributed by atoms with Gasteiger partial charge in [0.1, 0.15) is 0 Å². The van der Waals surface area contributed by atoms with E-state index >= 15 is 0 Å². The molecule has 1 aliphatic rings. The maximum absolute atomic E-state index is 12.8. The van der Waals surface area contributed by atoms with Crippen molar-refractivity contribution in [3.05, 3.63) is 18.0 Å². The van der Waals surface area contributed by atoms with E-state index in [0.29, 0.717) is 18.0 Å². The van der Waals surface area contributed by atoms with Crippen molar-refractivity contribution in [2.75, 3.05) is 13.1 Å². The molecular formula is C15H27N3O2S. The van der Waals surface area contributed by atoms with Crippen LogP contribution in [0.4, 0.5) is 0 Å². The Bertz CT molecular complexity index is 539. The van der Waals surface area contributed by atoms with E-state index in [2.05, 4.69) is 24.1 Å². The van der Waals surface area contributed by atoms with E-state index in [1.165, 1.54) is 0 Å². The SMILES string of the molecule is CCCNCc1cc(S(=O)(=O)N2CCCCC2CC)c[nH]1. The molecule has 1 unspecified atom stereocenters. The minimum absolute atomic E-state index is 0.153. The molecule has 2 N–H and O–H groups in total. The lowest BCUT2D eigenvalue weighted by molar-refractivity contribution is 0.246. The van der Waals surface area contributed by atoms with E-state index in [4.69, 9.17) is 0 Å². The summed E-state index contributed by atoms with van der Waals surface area (Å²) in [6, 6.07) is 1.92. The van der Waals surface area contributed by atoms with Crippen LogP contribution in [0.5, 0.6) is 0 Å². The summed E-state index contributed by atoms with van der Waals surface area (Å²) < 4.78 is 27.3. The Hall–Kier alpha value is -0.850. The highest BCUT2D eigenvalue weighted by Gasteiger charge is 2.32. The van der Waals surface area contributed by atoms with Gasteiger partial charge in [0, 0.05) is 31.0 Å². The number of sulfonamides is 1. The van der Waals surface area contributed by atoms with E-state index < -0.39 is 10.0 Å². The Morgan fingerprint density at radius 3 is 2.90 bits per heavy atom. The van der Waals surface area contributed by atoms with Gasteiger partial charge < -0.3 is 10.3 Å². The summed E-state index contributed by atoms with van der Waals surface area (Å²) >= 11 is 0. The number of nitrogens with zero attached hydrogens (tertiary/aromatic N) is 1. The van der Waals surface area contributed by atoms with E-state index in [1.54, 1.807) is 16.6 Å². The Kier molecular flexibility index (Phi) is 5.84. The van der Waals surface area contributed by atoms with Gasteiger partial charge in [-0.15, -0.1) is 0 Å². The third-order valence-corrected chi connectivity index (χ3v) is 6.04. The highest BCUT2D eigenvalue weighted by Crippen LogP contribution is 2.27. The number of aromatic nitrogens is 1. The predicted molar refractivity (Wildman–Crippen MR) is 84.6 cm³/mol. The second-order valence-corrected chi connectivity index (χ2v) is 7.60. The van der Waals surface area contributed by atoms with E-state index in [-0.39, 0.29) is 6.04 Å². The molecule has 2 heterocycles. The zero-order valence-electron chi connectivity index (χ0n) is 13.1. The molecule has 0 amide bonds. The van der Waals surface area contributed by atoms with Crippen molar-refractivity contribution in [1.82, 2.24) is 14.6 Å². The van der Waals surface area contributed by atoms with Crippen LogP contribution >= 0.6 is 0 Å². The van der Waals surface area contributed by atoms with E-state index in [9.17, 15) is 8.42 Å². The number of nitrogens with one attached hydrogen (secondary N) is 2. The van der Waals surface area contributed by atoms with Gasteiger partial charge in [-0.1, -0.05) is 20.3 Å². The number of aromatic amines is 1. The van der Waals surface area contributed by atoms with Gasteiger partial charge in [0.25, 0.3) is 0 Å². The maximum Gasteiger partial charge on any atom is 0.244 e. The van der Waals surface area contributed by atoms with Crippen LogP contribution in [0.2, 0.25) is 0 Å². The predicted octanol–water partition coefficient (Wildman–Crippen LogP) is 2.47. The largest absolute Gasteiger partial charge is 0.363 e. The molecule has 1 atom stereocenters. The van der Waals surface area contributed by atoms with Crippen LogP contribution in [0.3, 0.4) is 0 Å². The number of piperidine rings is 1. The Labute approximate surface area is 128 Å². The molecule has 1 aromatic heterocycles. The average molecular weight is 313 g/mol. The normalized spacial score (nSPS) is 20.8. The van der Waals surface area contributed by atoms with Crippen molar-refractivity contribution >= 4 is 10.0 Å². The highest BCUT2D eigenvalue weighted by molar-refractivity contribution is 7.89. The minimum atomic E-state index is -3.36. The number of H-pyrrole nitrogens is 1. The molecule has 0 spiro atoms. The summed E-state index contributed by atoms with van der Waals surface area (Å²) in [6.07, 6.45) is 6.64. The molecule has 2 rings (SSSR count). The number of hydrogen-bond donors (Lipinski definition) is 2. The van der Waals surface area contributed by atoms with Gasteiger partial charge in [0.2, 0.25) is 10.0 Å². The lowest BCUT2D eigenvalue weighted by Gasteiger charge is -2.33. The fourth-order valence-electron chi connectivity index (χ4n) is 2.90. The molecule has 1 fully saturated rings. The molecule has 1 aromatic rings. The molecule has 0 bridgehead atoms. The van der Waals surface area contributed by atoms with Crippen LogP contribution in [-0.4, -0.2) is 36.8 Å². The maximum atomic E-state index is 12.8. The summed E-state index contributed by atoms with van der Waals surface area (Å²) in [7, 11) is -3.36. The fourth-order valence-corrected chi connectivity index (χ4v) is 4.69. The minimum Gasteiger partial charge on any atom is -0.363 e. The smallest absolute Gasteiger partial charge is 0.244 e. The molecule has 21 heavy (non-hydrogen) atoms. The summed E-state index contributed by atoms with van der Waals surface area (Å²) in [6.45, 7) is 6.44. The zero-order chi connectivity index (χ0) is 15.3. The molecule has 0 aromatic carbocycles. The molecule has 1 saturated heterocycles. The Morgan fingerprint density at radius 2 is 2.19 bits per heavy atom. The van der Waals surface area contributed by atoms with Crippen molar-refractivity contribution < 1.29 is 8.42 Å². The molecule has 120 valence electrons. The molecule has 1 aliphatic heterocycles. The summed E-state index contributed by atoms with van der Waals surface area (Å²) in [5.41, 5.74) is 0.923. The summed E-state index contributed by atoms with van der Waals surface area (Å²) in [4.78, 5) is 3.47. The van der Waals surface area contributed by atoms with Gasteiger partial charge in [-0.05, 0) is 38.3 Å². The third kappa shape index (κ3) is 3.87. The van der Waals surface area contributed by atoms with Gasteiger partial charge in [-0.25, -0.2) is 8.42 Å². The van der Waals surface area contributed by atoms with Crippen molar-refractivity contribution in [2.24, 2.45) is 0 Å². The molecule has 5 nitrogen and oxygen atoms in total. The second kappa shape index (κ2) is 7.42. The van der Waals surface area contributed by atoms with Crippen LogP contribution in [0, 0.1) is 0 Å². The molecule has 6 heteroatoms. The van der Waals surface area contributed by atoms with E-state index in [0.717, 1.165) is 44.3 Å².